The van der Waals surface area contributed by atoms with Gasteiger partial charge in [0.25, 0.3) is 0 Å². The van der Waals surface area contributed by atoms with Crippen LogP contribution in [0.3, 0.4) is 0 Å². The molecule has 1 aliphatic rings. The summed E-state index contributed by atoms with van der Waals surface area (Å²) in [5.74, 6) is 1.07. The topological polar surface area (TPSA) is 44.5 Å². The molecular formula is C22H32N4O. The van der Waals surface area contributed by atoms with E-state index in [4.69, 9.17) is 0 Å². The summed E-state index contributed by atoms with van der Waals surface area (Å²) in [7, 11) is 0. The van der Waals surface area contributed by atoms with E-state index in [-0.39, 0.29) is 6.61 Å². The van der Waals surface area contributed by atoms with Crippen LogP contribution in [0.1, 0.15) is 31.7 Å². The Balaban J connectivity index is 1.69. The number of aromatic nitrogens is 2. The van der Waals surface area contributed by atoms with Gasteiger partial charge >= 0.3 is 0 Å². The smallest absolute Gasteiger partial charge is 0.127 e. The van der Waals surface area contributed by atoms with Crippen molar-refractivity contribution < 1.29 is 5.11 Å². The Labute approximate surface area is 162 Å². The lowest BCUT2D eigenvalue weighted by Gasteiger charge is -2.41. The highest BCUT2D eigenvalue weighted by Crippen LogP contribution is 2.18. The zero-order valence-corrected chi connectivity index (χ0v) is 16.8. The van der Waals surface area contributed by atoms with Gasteiger partial charge in [0.2, 0.25) is 0 Å². The second kappa shape index (κ2) is 9.31. The lowest BCUT2D eigenvalue weighted by molar-refractivity contribution is 0.0621. The van der Waals surface area contributed by atoms with E-state index < -0.39 is 0 Å². The molecule has 1 saturated heterocycles. The second-order valence-electron chi connectivity index (χ2n) is 7.73. The molecule has 2 aromatic rings. The molecule has 0 spiro atoms. The summed E-state index contributed by atoms with van der Waals surface area (Å²) in [6, 6.07) is 8.92. The van der Waals surface area contributed by atoms with Gasteiger partial charge in [-0.15, -0.1) is 0 Å². The lowest BCUT2D eigenvalue weighted by atomic mass is 10.1. The maximum absolute atomic E-state index is 9.50. The minimum Gasteiger partial charge on any atom is -0.396 e. The molecule has 0 amide bonds. The molecule has 1 aliphatic heterocycles. The number of hydrogen-bond acceptors (Lipinski definition) is 4. The minimum absolute atomic E-state index is 0.238. The van der Waals surface area contributed by atoms with Crippen molar-refractivity contribution in [2.45, 2.75) is 39.8 Å². The molecule has 0 aliphatic carbocycles. The Morgan fingerprint density at radius 3 is 2.89 bits per heavy atom. The van der Waals surface area contributed by atoms with Crippen LogP contribution in [0.2, 0.25) is 0 Å². The molecule has 1 aromatic carbocycles. The van der Waals surface area contributed by atoms with E-state index in [0.29, 0.717) is 6.04 Å². The predicted octanol–water partition coefficient (Wildman–Crippen LogP) is 3.02. The van der Waals surface area contributed by atoms with Crippen LogP contribution in [0.15, 0.2) is 48.3 Å². The first-order valence-corrected chi connectivity index (χ1v) is 9.86. The SMILES string of the molecule is CC(C)=CCN1CCN(Cc2nccn2-c2cccc(C)c2)C[C@H]1CCO. The Morgan fingerprint density at radius 1 is 1.30 bits per heavy atom. The van der Waals surface area contributed by atoms with Crippen LogP contribution in [-0.2, 0) is 6.54 Å². The van der Waals surface area contributed by atoms with E-state index in [1.54, 1.807) is 0 Å². The summed E-state index contributed by atoms with van der Waals surface area (Å²) in [5, 5.41) is 9.50. The van der Waals surface area contributed by atoms with Crippen molar-refractivity contribution in [2.24, 2.45) is 0 Å². The molecule has 1 fully saturated rings. The molecule has 3 rings (SSSR count). The summed E-state index contributed by atoms with van der Waals surface area (Å²) in [5.41, 5.74) is 3.76. The van der Waals surface area contributed by atoms with E-state index in [1.807, 2.05) is 12.4 Å². The number of allylic oxidation sites excluding steroid dienone is 1. The molecule has 0 saturated carbocycles. The van der Waals surface area contributed by atoms with Crippen molar-refractivity contribution in [1.29, 1.82) is 0 Å². The molecule has 5 nitrogen and oxygen atoms in total. The van der Waals surface area contributed by atoms with Gasteiger partial charge in [0.1, 0.15) is 5.82 Å². The fourth-order valence-corrected chi connectivity index (χ4v) is 3.73. The van der Waals surface area contributed by atoms with Crippen molar-refractivity contribution in [3.8, 4) is 5.69 Å². The third kappa shape index (κ3) is 5.28. The van der Waals surface area contributed by atoms with E-state index in [2.05, 4.69) is 70.5 Å². The summed E-state index contributed by atoms with van der Waals surface area (Å²) in [6.45, 7) is 11.5. The van der Waals surface area contributed by atoms with Gasteiger partial charge < -0.3 is 9.67 Å². The van der Waals surface area contributed by atoms with E-state index in [1.165, 1.54) is 11.1 Å². The van der Waals surface area contributed by atoms with Crippen LogP contribution in [-0.4, -0.2) is 63.3 Å². The minimum atomic E-state index is 0.238. The second-order valence-corrected chi connectivity index (χ2v) is 7.73. The molecular weight excluding hydrogens is 336 g/mol. The monoisotopic (exact) mass is 368 g/mol. The number of hydrogen-bond donors (Lipinski definition) is 1. The molecule has 0 bridgehead atoms. The van der Waals surface area contributed by atoms with Crippen LogP contribution >= 0.6 is 0 Å². The number of nitrogens with zero attached hydrogens (tertiary/aromatic N) is 4. The van der Waals surface area contributed by atoms with Crippen LogP contribution in [0.25, 0.3) is 5.69 Å². The number of aliphatic hydroxyl groups is 1. The molecule has 1 N–H and O–H groups in total. The van der Waals surface area contributed by atoms with E-state index >= 15 is 0 Å². The molecule has 146 valence electrons. The summed E-state index contributed by atoms with van der Waals surface area (Å²) >= 11 is 0. The van der Waals surface area contributed by atoms with Crippen LogP contribution in [0.4, 0.5) is 0 Å². The normalized spacial score (nSPS) is 18.6. The third-order valence-electron chi connectivity index (χ3n) is 5.25. The van der Waals surface area contributed by atoms with Gasteiger partial charge in [-0.1, -0.05) is 23.8 Å². The first-order chi connectivity index (χ1) is 13.1. The maximum Gasteiger partial charge on any atom is 0.127 e. The summed E-state index contributed by atoms with van der Waals surface area (Å²) in [6.07, 6.45) is 7.03. The van der Waals surface area contributed by atoms with Gasteiger partial charge in [0.15, 0.2) is 0 Å². The van der Waals surface area contributed by atoms with Gasteiger partial charge in [-0.25, -0.2) is 4.98 Å². The Hall–Kier alpha value is -1.95. The standard InChI is InChI=1S/C22H32N4O/c1-18(2)7-10-25-13-12-24(16-21(25)8-14-27)17-22-23-9-11-26(22)20-6-4-5-19(3)15-20/h4-7,9,11,15,21,27H,8,10,12-14,16-17H2,1-3H3/t21-/m1/s1. The molecule has 0 unspecified atom stereocenters. The third-order valence-corrected chi connectivity index (χ3v) is 5.25. The zero-order chi connectivity index (χ0) is 19.2. The molecule has 2 heterocycles. The van der Waals surface area contributed by atoms with Gasteiger partial charge in [-0.2, -0.15) is 0 Å². The quantitative estimate of drug-likeness (QED) is 0.763. The van der Waals surface area contributed by atoms with Crippen molar-refractivity contribution in [1.82, 2.24) is 19.4 Å². The number of aliphatic hydroxyl groups excluding tert-OH is 1. The fraction of sp³-hybridized carbons (Fsp3) is 0.500. The van der Waals surface area contributed by atoms with E-state index in [9.17, 15) is 5.11 Å². The van der Waals surface area contributed by atoms with Crippen LogP contribution < -0.4 is 0 Å². The molecule has 1 atom stereocenters. The van der Waals surface area contributed by atoms with Crippen LogP contribution in [0.5, 0.6) is 0 Å². The molecule has 1 aromatic heterocycles. The fourth-order valence-electron chi connectivity index (χ4n) is 3.73. The Kier molecular flexibility index (Phi) is 6.83. The highest BCUT2D eigenvalue weighted by Gasteiger charge is 2.26. The van der Waals surface area contributed by atoms with Crippen molar-refractivity contribution in [2.75, 3.05) is 32.8 Å². The van der Waals surface area contributed by atoms with Crippen LogP contribution in [0, 0.1) is 6.92 Å². The van der Waals surface area contributed by atoms with Gasteiger partial charge in [-0.05, 0) is 44.9 Å². The van der Waals surface area contributed by atoms with Crippen molar-refractivity contribution in [3.05, 3.63) is 59.7 Å². The average Bonchev–Trinajstić information content (AvgIpc) is 3.09. The van der Waals surface area contributed by atoms with Gasteiger partial charge in [0.05, 0.1) is 6.54 Å². The number of piperazine rings is 1. The van der Waals surface area contributed by atoms with Gasteiger partial charge in [-0.3, -0.25) is 9.80 Å². The largest absolute Gasteiger partial charge is 0.396 e. The highest BCUT2D eigenvalue weighted by molar-refractivity contribution is 5.36. The number of rotatable bonds is 7. The Bertz CT molecular complexity index is 763. The predicted molar refractivity (Wildman–Crippen MR) is 110 cm³/mol. The number of imidazole rings is 1. The number of benzene rings is 1. The molecule has 5 heteroatoms. The van der Waals surface area contributed by atoms with Crippen molar-refractivity contribution in [3.63, 3.8) is 0 Å². The first kappa shape index (κ1) is 19.8. The average molecular weight is 369 g/mol. The maximum atomic E-state index is 9.50. The molecule has 0 radical (unpaired) electrons. The summed E-state index contributed by atoms with van der Waals surface area (Å²) in [4.78, 5) is 9.57. The summed E-state index contributed by atoms with van der Waals surface area (Å²) < 4.78 is 2.18. The first-order valence-electron chi connectivity index (χ1n) is 9.86. The lowest BCUT2D eigenvalue weighted by Crippen LogP contribution is -2.53. The highest BCUT2D eigenvalue weighted by atomic mass is 16.3. The number of aryl methyl sites for hydroxylation is 1. The van der Waals surface area contributed by atoms with E-state index in [0.717, 1.165) is 50.7 Å². The van der Waals surface area contributed by atoms with Gasteiger partial charge in [0, 0.05) is 56.9 Å². The Morgan fingerprint density at radius 2 is 2.15 bits per heavy atom. The molecule has 27 heavy (non-hydrogen) atoms. The van der Waals surface area contributed by atoms with Crippen molar-refractivity contribution >= 4 is 0 Å². The zero-order valence-electron chi connectivity index (χ0n) is 16.8.